The second kappa shape index (κ2) is 5.45. The van der Waals surface area contributed by atoms with Gasteiger partial charge in [0.25, 0.3) is 0 Å². The molecule has 1 atom stereocenters. The molecule has 1 aromatic carbocycles. The van der Waals surface area contributed by atoms with Crippen LogP contribution in [0.1, 0.15) is 26.3 Å². The molecule has 0 saturated heterocycles. The zero-order chi connectivity index (χ0) is 13.1. The molecule has 1 aromatic rings. The first kappa shape index (κ1) is 13.9. The molecule has 3 nitrogen and oxygen atoms in total. The first-order chi connectivity index (χ1) is 7.80. The maximum absolute atomic E-state index is 11.2. The van der Waals surface area contributed by atoms with Crippen LogP contribution < -0.4 is 0 Å². The lowest BCUT2D eigenvalue weighted by atomic mass is 9.92. The van der Waals surface area contributed by atoms with Crippen molar-refractivity contribution in [2.45, 2.75) is 31.8 Å². The molecule has 17 heavy (non-hydrogen) atoms. The molecule has 0 heterocycles. The van der Waals surface area contributed by atoms with E-state index in [0.29, 0.717) is 5.75 Å². The van der Waals surface area contributed by atoms with Gasteiger partial charge in [-0.25, -0.2) is 0 Å². The van der Waals surface area contributed by atoms with Crippen LogP contribution in [0.4, 0.5) is 0 Å². The predicted molar refractivity (Wildman–Crippen MR) is 70.3 cm³/mol. The van der Waals surface area contributed by atoms with Crippen LogP contribution in [-0.4, -0.2) is 21.4 Å². The summed E-state index contributed by atoms with van der Waals surface area (Å²) in [5.74, 6) is 0.0831. The molecule has 1 rings (SSSR count). The third kappa shape index (κ3) is 4.30. The molecule has 0 bridgehead atoms. The fraction of sp³-hybridized carbons (Fsp3) is 0.462. The first-order valence-corrected chi connectivity index (χ1v) is 6.48. The molecule has 0 amide bonds. The van der Waals surface area contributed by atoms with E-state index in [1.807, 2.05) is 32.9 Å². The standard InChI is InChI=1S/C13H18O3S/c1-13(2,3)11(12(15)16)17-8-9-4-6-10(14)7-5-9/h4-7,11,14H,8H2,1-3H3,(H,15,16). The minimum Gasteiger partial charge on any atom is -0.508 e. The zero-order valence-corrected chi connectivity index (χ0v) is 11.1. The highest BCUT2D eigenvalue weighted by Crippen LogP contribution is 2.32. The van der Waals surface area contributed by atoms with Crippen molar-refractivity contribution in [2.24, 2.45) is 5.41 Å². The SMILES string of the molecule is CC(C)(C)C(SCc1ccc(O)cc1)C(=O)O. The summed E-state index contributed by atoms with van der Waals surface area (Å²) in [5, 5.41) is 17.9. The van der Waals surface area contributed by atoms with E-state index in [9.17, 15) is 9.90 Å². The van der Waals surface area contributed by atoms with E-state index in [2.05, 4.69) is 0 Å². The van der Waals surface area contributed by atoms with Crippen LogP contribution in [0, 0.1) is 5.41 Å². The number of hydrogen-bond acceptors (Lipinski definition) is 3. The van der Waals surface area contributed by atoms with Crippen molar-refractivity contribution in [3.05, 3.63) is 29.8 Å². The summed E-state index contributed by atoms with van der Waals surface area (Å²) in [6, 6.07) is 6.85. The number of thioether (sulfide) groups is 1. The Bertz CT molecular complexity index is 379. The Balaban J connectivity index is 2.65. The van der Waals surface area contributed by atoms with Gasteiger partial charge in [0.15, 0.2) is 0 Å². The van der Waals surface area contributed by atoms with E-state index in [1.165, 1.54) is 11.8 Å². The normalized spacial score (nSPS) is 13.4. The predicted octanol–water partition coefficient (Wildman–Crippen LogP) is 3.12. The number of carboxylic acid groups (broad SMARTS) is 1. The Morgan fingerprint density at radius 1 is 1.29 bits per heavy atom. The number of carbonyl (C=O) groups is 1. The molecule has 0 fully saturated rings. The largest absolute Gasteiger partial charge is 0.508 e. The smallest absolute Gasteiger partial charge is 0.317 e. The molecule has 0 aliphatic carbocycles. The van der Waals surface area contributed by atoms with Crippen molar-refractivity contribution in [3.8, 4) is 5.75 Å². The van der Waals surface area contributed by atoms with Crippen molar-refractivity contribution in [3.63, 3.8) is 0 Å². The van der Waals surface area contributed by atoms with Crippen molar-refractivity contribution in [1.29, 1.82) is 0 Å². The van der Waals surface area contributed by atoms with Gasteiger partial charge < -0.3 is 10.2 Å². The second-order valence-corrected chi connectivity index (χ2v) is 6.16. The van der Waals surface area contributed by atoms with E-state index >= 15 is 0 Å². The molecule has 0 aromatic heterocycles. The molecule has 0 radical (unpaired) electrons. The monoisotopic (exact) mass is 254 g/mol. The quantitative estimate of drug-likeness (QED) is 0.866. The van der Waals surface area contributed by atoms with E-state index in [-0.39, 0.29) is 11.2 Å². The van der Waals surface area contributed by atoms with E-state index in [1.54, 1.807) is 12.1 Å². The summed E-state index contributed by atoms with van der Waals surface area (Å²) in [5.41, 5.74) is 0.747. The third-order valence-corrected chi connectivity index (χ3v) is 4.11. The number of hydrogen-bond donors (Lipinski definition) is 2. The first-order valence-electron chi connectivity index (χ1n) is 5.43. The van der Waals surface area contributed by atoms with Gasteiger partial charge in [0.05, 0.1) is 0 Å². The van der Waals surface area contributed by atoms with Gasteiger partial charge in [0, 0.05) is 5.75 Å². The van der Waals surface area contributed by atoms with Gasteiger partial charge in [-0.15, -0.1) is 11.8 Å². The minimum absolute atomic E-state index is 0.226. The van der Waals surface area contributed by atoms with Crippen LogP contribution in [0.15, 0.2) is 24.3 Å². The number of carboxylic acids is 1. The lowest BCUT2D eigenvalue weighted by Crippen LogP contribution is -2.31. The van der Waals surface area contributed by atoms with E-state index in [0.717, 1.165) is 5.56 Å². The highest BCUT2D eigenvalue weighted by molar-refractivity contribution is 7.99. The Morgan fingerprint density at radius 3 is 2.24 bits per heavy atom. The van der Waals surface area contributed by atoms with Crippen LogP contribution in [0.25, 0.3) is 0 Å². The van der Waals surface area contributed by atoms with Crippen molar-refractivity contribution >= 4 is 17.7 Å². The van der Waals surface area contributed by atoms with Crippen LogP contribution in [-0.2, 0) is 10.5 Å². The van der Waals surface area contributed by atoms with Gasteiger partial charge >= 0.3 is 5.97 Å². The average Bonchev–Trinajstić information content (AvgIpc) is 2.18. The Hall–Kier alpha value is -1.16. The summed E-state index contributed by atoms with van der Waals surface area (Å²) in [6.45, 7) is 5.78. The number of phenols is 1. The molecule has 0 aliphatic rings. The minimum atomic E-state index is -0.777. The second-order valence-electron chi connectivity index (χ2n) is 5.06. The summed E-state index contributed by atoms with van der Waals surface area (Å²) >= 11 is 1.41. The summed E-state index contributed by atoms with van der Waals surface area (Å²) in [7, 11) is 0. The van der Waals surface area contributed by atoms with Gasteiger partial charge in [0.1, 0.15) is 11.0 Å². The average molecular weight is 254 g/mol. The molecule has 0 saturated carbocycles. The molecule has 1 unspecified atom stereocenters. The molecule has 0 spiro atoms. The van der Waals surface area contributed by atoms with Crippen molar-refractivity contribution in [2.75, 3.05) is 0 Å². The number of benzene rings is 1. The summed E-state index contributed by atoms with van der Waals surface area (Å²) in [6.07, 6.45) is 0. The van der Waals surface area contributed by atoms with Crippen molar-refractivity contribution < 1.29 is 15.0 Å². The molecule has 94 valence electrons. The van der Waals surface area contributed by atoms with Crippen LogP contribution in [0.3, 0.4) is 0 Å². The van der Waals surface area contributed by atoms with Gasteiger partial charge in [-0.05, 0) is 23.1 Å². The highest BCUT2D eigenvalue weighted by atomic mass is 32.2. The topological polar surface area (TPSA) is 57.5 Å². The molecule has 2 N–H and O–H groups in total. The maximum Gasteiger partial charge on any atom is 0.317 e. The molecule has 0 aliphatic heterocycles. The number of aliphatic carboxylic acids is 1. The fourth-order valence-electron chi connectivity index (χ4n) is 1.46. The molecular weight excluding hydrogens is 236 g/mol. The van der Waals surface area contributed by atoms with Crippen LogP contribution >= 0.6 is 11.8 Å². The highest BCUT2D eigenvalue weighted by Gasteiger charge is 2.31. The Kier molecular flexibility index (Phi) is 4.46. The third-order valence-electron chi connectivity index (χ3n) is 2.36. The molecular formula is C13H18O3S. The van der Waals surface area contributed by atoms with Gasteiger partial charge in [0.2, 0.25) is 0 Å². The van der Waals surface area contributed by atoms with E-state index < -0.39 is 11.2 Å². The van der Waals surface area contributed by atoms with Crippen LogP contribution in [0.2, 0.25) is 0 Å². The number of aromatic hydroxyl groups is 1. The number of phenolic OH excluding ortho intramolecular Hbond substituents is 1. The zero-order valence-electron chi connectivity index (χ0n) is 10.3. The van der Waals surface area contributed by atoms with E-state index in [4.69, 9.17) is 5.11 Å². The lowest BCUT2D eigenvalue weighted by Gasteiger charge is -2.26. The Morgan fingerprint density at radius 2 is 1.82 bits per heavy atom. The van der Waals surface area contributed by atoms with Crippen molar-refractivity contribution in [1.82, 2.24) is 0 Å². The fourth-order valence-corrected chi connectivity index (χ4v) is 2.66. The Labute approximate surface area is 106 Å². The summed E-state index contributed by atoms with van der Waals surface area (Å²) in [4.78, 5) is 11.2. The van der Waals surface area contributed by atoms with Gasteiger partial charge in [-0.2, -0.15) is 0 Å². The van der Waals surface area contributed by atoms with Gasteiger partial charge in [-0.3, -0.25) is 4.79 Å². The molecule has 4 heteroatoms. The number of rotatable bonds is 4. The maximum atomic E-state index is 11.2. The summed E-state index contributed by atoms with van der Waals surface area (Å²) < 4.78 is 0. The van der Waals surface area contributed by atoms with Crippen LogP contribution in [0.5, 0.6) is 5.75 Å². The van der Waals surface area contributed by atoms with Gasteiger partial charge in [-0.1, -0.05) is 32.9 Å². The lowest BCUT2D eigenvalue weighted by molar-refractivity contribution is -0.138.